The van der Waals surface area contributed by atoms with E-state index in [1.54, 1.807) is 24.3 Å². The maximum atomic E-state index is 12.7. The normalized spacial score (nSPS) is 11.3. The summed E-state index contributed by atoms with van der Waals surface area (Å²) in [7, 11) is -3.94. The first-order valence-corrected chi connectivity index (χ1v) is 10.8. The highest BCUT2D eigenvalue weighted by Crippen LogP contribution is 2.27. The molecule has 0 aliphatic rings. The molecule has 2 aromatic carbocycles. The fourth-order valence-corrected chi connectivity index (χ4v) is 5.02. The van der Waals surface area contributed by atoms with Gasteiger partial charge in [-0.2, -0.15) is 8.42 Å². The molecule has 1 aromatic heterocycles. The zero-order valence-corrected chi connectivity index (χ0v) is 17.7. The molecule has 10 heteroatoms. The molecule has 0 spiro atoms. The van der Waals surface area contributed by atoms with Crippen molar-refractivity contribution in [1.29, 1.82) is 0 Å². The van der Waals surface area contributed by atoms with Crippen LogP contribution in [0.5, 0.6) is 0 Å². The van der Waals surface area contributed by atoms with Crippen LogP contribution in [0.1, 0.15) is 27.0 Å². The molecular weight excluding hydrogens is 420 g/mol. The van der Waals surface area contributed by atoms with E-state index in [4.69, 9.17) is 11.6 Å². The van der Waals surface area contributed by atoms with E-state index in [0.717, 1.165) is 28.0 Å². The highest BCUT2D eigenvalue weighted by atomic mass is 35.5. The molecule has 0 saturated heterocycles. The number of hydrogen-bond donors (Lipinski definition) is 2. The minimum Gasteiger partial charge on any atom is -0.296 e. The first-order valence-electron chi connectivity index (χ1n) is 8.17. The molecule has 3 aromatic rings. The monoisotopic (exact) mass is 436 g/mol. The lowest BCUT2D eigenvalue weighted by atomic mass is 10.1. The first kappa shape index (κ1) is 20.2. The summed E-state index contributed by atoms with van der Waals surface area (Å²) in [4.78, 5) is 12.3. The molecule has 1 heterocycles. The fraction of sp³-hybridized carbons (Fsp3) is 0.167. The number of amides is 1. The van der Waals surface area contributed by atoms with Crippen LogP contribution in [0.15, 0.2) is 40.7 Å². The smallest absolute Gasteiger partial charge is 0.291 e. The molecule has 2 N–H and O–H groups in total. The molecule has 0 bridgehead atoms. The summed E-state index contributed by atoms with van der Waals surface area (Å²) in [5, 5.41) is 10.3. The largest absolute Gasteiger partial charge is 0.296 e. The van der Waals surface area contributed by atoms with E-state index in [1.165, 1.54) is 0 Å². The molecule has 0 saturated carbocycles. The number of halogens is 1. The number of sulfonamides is 1. The first-order chi connectivity index (χ1) is 13.2. The Labute approximate surface area is 171 Å². The summed E-state index contributed by atoms with van der Waals surface area (Å²) in [5.41, 5.74) is 3.41. The lowest BCUT2D eigenvalue weighted by Crippen LogP contribution is -2.14. The van der Waals surface area contributed by atoms with Crippen LogP contribution < -0.4 is 10.0 Å². The van der Waals surface area contributed by atoms with Crippen LogP contribution in [0.3, 0.4) is 0 Å². The average molecular weight is 437 g/mol. The van der Waals surface area contributed by atoms with Gasteiger partial charge in [0, 0.05) is 0 Å². The molecule has 7 nitrogen and oxygen atoms in total. The number of aromatic nitrogens is 2. The lowest BCUT2D eigenvalue weighted by Gasteiger charge is -2.12. The maximum Gasteiger partial charge on any atom is 0.291 e. The zero-order chi connectivity index (χ0) is 20.5. The third-order valence-electron chi connectivity index (χ3n) is 3.89. The second kappa shape index (κ2) is 7.86. The Morgan fingerprint density at radius 2 is 1.71 bits per heavy atom. The van der Waals surface area contributed by atoms with Crippen molar-refractivity contribution in [3.63, 3.8) is 0 Å². The van der Waals surface area contributed by atoms with Gasteiger partial charge in [-0.25, -0.2) is 0 Å². The highest BCUT2D eigenvalue weighted by molar-refractivity contribution is 7.94. The number of nitrogens with zero attached hydrogens (tertiary/aromatic N) is 2. The molecule has 1 amide bonds. The van der Waals surface area contributed by atoms with Crippen molar-refractivity contribution in [3.8, 4) is 0 Å². The SMILES string of the molecule is Cc1cc(C)c(NS(=O)(=O)c2nnc(NC(=O)c3ccccc3Cl)s2)c(C)c1. The third kappa shape index (κ3) is 4.32. The zero-order valence-electron chi connectivity index (χ0n) is 15.3. The number of carbonyl (C=O) groups is 1. The van der Waals surface area contributed by atoms with Crippen molar-refractivity contribution < 1.29 is 13.2 Å². The van der Waals surface area contributed by atoms with E-state index in [2.05, 4.69) is 20.2 Å². The Kier molecular flexibility index (Phi) is 5.69. The molecule has 3 rings (SSSR count). The van der Waals surface area contributed by atoms with Crippen molar-refractivity contribution in [2.45, 2.75) is 25.1 Å². The average Bonchev–Trinajstić information content (AvgIpc) is 3.08. The van der Waals surface area contributed by atoms with Gasteiger partial charge in [0.05, 0.1) is 16.3 Å². The predicted molar refractivity (Wildman–Crippen MR) is 111 cm³/mol. The Morgan fingerprint density at radius 3 is 2.36 bits per heavy atom. The van der Waals surface area contributed by atoms with Gasteiger partial charge in [0.15, 0.2) is 0 Å². The van der Waals surface area contributed by atoms with Crippen LogP contribution in [0, 0.1) is 20.8 Å². The molecule has 146 valence electrons. The van der Waals surface area contributed by atoms with Crippen molar-refractivity contribution in [2.75, 3.05) is 10.0 Å². The van der Waals surface area contributed by atoms with Crippen LogP contribution in [-0.2, 0) is 10.0 Å². The molecule has 28 heavy (non-hydrogen) atoms. The van der Waals surface area contributed by atoms with Crippen molar-refractivity contribution in [3.05, 3.63) is 63.7 Å². The minimum atomic E-state index is -3.94. The summed E-state index contributed by atoms with van der Waals surface area (Å²) in [5.74, 6) is -0.496. The number of benzene rings is 2. The van der Waals surface area contributed by atoms with E-state index < -0.39 is 15.9 Å². The van der Waals surface area contributed by atoms with Gasteiger partial charge in [-0.15, -0.1) is 10.2 Å². The summed E-state index contributed by atoms with van der Waals surface area (Å²) in [6.45, 7) is 5.59. The second-order valence-corrected chi connectivity index (χ2v) is 9.43. The Bertz CT molecular complexity index is 1140. The summed E-state index contributed by atoms with van der Waals surface area (Å²) < 4.78 is 27.7. The van der Waals surface area contributed by atoms with Crippen LogP contribution in [0.25, 0.3) is 0 Å². The highest BCUT2D eigenvalue weighted by Gasteiger charge is 2.23. The molecule has 0 unspecified atom stereocenters. The van der Waals surface area contributed by atoms with E-state index in [-0.39, 0.29) is 20.1 Å². The van der Waals surface area contributed by atoms with Crippen molar-refractivity contribution in [2.24, 2.45) is 0 Å². The standard InChI is InChI=1S/C18H17ClN4O3S2/c1-10-8-11(2)15(12(3)9-10)23-28(25,26)18-22-21-17(27-18)20-16(24)13-6-4-5-7-14(13)19/h4-9,23H,1-3H3,(H,20,21,24). The fourth-order valence-electron chi connectivity index (χ4n) is 2.70. The van der Waals surface area contributed by atoms with Crippen LogP contribution in [-0.4, -0.2) is 24.5 Å². The number of anilines is 2. The van der Waals surface area contributed by atoms with Gasteiger partial charge in [-0.3, -0.25) is 14.8 Å². The summed E-state index contributed by atoms with van der Waals surface area (Å²) in [6.07, 6.45) is 0. The molecule has 0 fully saturated rings. The van der Waals surface area contributed by atoms with Gasteiger partial charge in [0.25, 0.3) is 20.3 Å². The number of aryl methyl sites for hydroxylation is 3. The summed E-state index contributed by atoms with van der Waals surface area (Å²) >= 11 is 6.75. The maximum absolute atomic E-state index is 12.7. The third-order valence-corrected chi connectivity index (χ3v) is 6.77. The second-order valence-electron chi connectivity index (χ2n) is 6.19. The number of hydrogen-bond acceptors (Lipinski definition) is 6. The van der Waals surface area contributed by atoms with E-state index in [1.807, 2.05) is 32.9 Å². The van der Waals surface area contributed by atoms with Crippen LogP contribution in [0.4, 0.5) is 10.8 Å². The number of nitrogens with one attached hydrogen (secondary N) is 2. The molecule has 0 radical (unpaired) electrons. The van der Waals surface area contributed by atoms with E-state index in [9.17, 15) is 13.2 Å². The molecule has 0 aliphatic heterocycles. The van der Waals surface area contributed by atoms with E-state index in [0.29, 0.717) is 5.69 Å². The van der Waals surface area contributed by atoms with Crippen LogP contribution in [0.2, 0.25) is 5.02 Å². The lowest BCUT2D eigenvalue weighted by molar-refractivity contribution is 0.102. The van der Waals surface area contributed by atoms with Gasteiger partial charge < -0.3 is 0 Å². The van der Waals surface area contributed by atoms with Gasteiger partial charge in [-0.05, 0) is 44.0 Å². The Morgan fingerprint density at radius 1 is 1.07 bits per heavy atom. The molecule has 0 atom stereocenters. The quantitative estimate of drug-likeness (QED) is 0.584. The minimum absolute atomic E-state index is 0.0580. The molecular formula is C18H17ClN4O3S2. The van der Waals surface area contributed by atoms with E-state index >= 15 is 0 Å². The molecule has 0 aliphatic carbocycles. The number of rotatable bonds is 5. The number of carbonyl (C=O) groups excluding carboxylic acids is 1. The predicted octanol–water partition coefficient (Wildman–Crippen LogP) is 4.17. The Hall–Kier alpha value is -2.49. The van der Waals surface area contributed by atoms with Gasteiger partial charge >= 0.3 is 0 Å². The van der Waals surface area contributed by atoms with Gasteiger partial charge in [-0.1, -0.05) is 52.8 Å². The van der Waals surface area contributed by atoms with Crippen molar-refractivity contribution >= 4 is 49.7 Å². The summed E-state index contributed by atoms with van der Waals surface area (Å²) in [6, 6.07) is 10.3. The van der Waals surface area contributed by atoms with Gasteiger partial charge in [0.2, 0.25) is 5.13 Å². The Balaban J connectivity index is 1.81. The topological polar surface area (TPSA) is 101 Å². The van der Waals surface area contributed by atoms with Gasteiger partial charge in [0.1, 0.15) is 0 Å². The van der Waals surface area contributed by atoms with Crippen LogP contribution >= 0.6 is 22.9 Å². The van der Waals surface area contributed by atoms with Crippen molar-refractivity contribution in [1.82, 2.24) is 10.2 Å².